The Morgan fingerprint density at radius 1 is 1.26 bits per heavy atom. The van der Waals surface area contributed by atoms with E-state index in [2.05, 4.69) is 15.2 Å². The molecular weight excluding hydrogens is 310 g/mol. The molecule has 134 valence electrons. The number of hydrogen-bond acceptors (Lipinski definition) is 3. The first kappa shape index (κ1) is 18.6. The molecule has 1 aliphatic carbocycles. The summed E-state index contributed by atoms with van der Waals surface area (Å²) in [6.07, 6.45) is 9.47. The second kappa shape index (κ2) is 7.86. The lowest BCUT2D eigenvalue weighted by Gasteiger charge is -2.39. The van der Waals surface area contributed by atoms with Crippen molar-refractivity contribution in [1.82, 2.24) is 10.2 Å². The molecule has 2 fully saturated rings. The summed E-state index contributed by atoms with van der Waals surface area (Å²) in [6, 6.07) is 0. The topological polar surface area (TPSA) is 61.8 Å². The molecule has 1 saturated carbocycles. The van der Waals surface area contributed by atoms with E-state index in [1.807, 2.05) is 13.8 Å². The van der Waals surface area contributed by atoms with Crippen molar-refractivity contribution in [2.75, 3.05) is 32.4 Å². The number of aliphatic imine (C=N–C) groups is 1. The number of nitrogens with zero attached hydrogens (tertiary/aromatic N) is 2. The average Bonchev–Trinajstić information content (AvgIpc) is 2.99. The number of hydrogen-bond donors (Lipinski definition) is 1. The van der Waals surface area contributed by atoms with Crippen molar-refractivity contribution in [3.05, 3.63) is 0 Å². The van der Waals surface area contributed by atoms with Gasteiger partial charge in [0, 0.05) is 26.7 Å². The molecule has 2 rings (SSSR count). The number of sulfone groups is 1. The Labute approximate surface area is 141 Å². The van der Waals surface area contributed by atoms with Gasteiger partial charge in [-0.3, -0.25) is 4.99 Å². The molecule has 0 atom stereocenters. The Bertz CT molecular complexity index is 508. The van der Waals surface area contributed by atoms with Crippen LogP contribution in [0.25, 0.3) is 0 Å². The molecule has 0 radical (unpaired) electrons. The van der Waals surface area contributed by atoms with Crippen molar-refractivity contribution in [2.45, 2.75) is 63.5 Å². The molecule has 0 aromatic rings. The summed E-state index contributed by atoms with van der Waals surface area (Å²) in [5.41, 5.74) is 0. The van der Waals surface area contributed by atoms with Gasteiger partial charge in [0.1, 0.15) is 0 Å². The molecule has 0 unspecified atom stereocenters. The zero-order valence-corrected chi connectivity index (χ0v) is 15.8. The lowest BCUT2D eigenvalue weighted by atomic mass is 10.0. The van der Waals surface area contributed by atoms with Gasteiger partial charge in [-0.05, 0) is 26.2 Å². The summed E-state index contributed by atoms with van der Waals surface area (Å²) in [6.45, 7) is 5.58. The van der Waals surface area contributed by atoms with Gasteiger partial charge in [0.2, 0.25) is 0 Å². The van der Waals surface area contributed by atoms with Gasteiger partial charge in [-0.25, -0.2) is 8.42 Å². The predicted octanol–water partition coefficient (Wildman–Crippen LogP) is 2.43. The zero-order chi connectivity index (χ0) is 16.9. The van der Waals surface area contributed by atoms with Crippen LogP contribution in [0, 0.1) is 5.92 Å². The Hall–Kier alpha value is -0.780. The maximum Gasteiger partial charge on any atom is 0.193 e. The first-order valence-electron chi connectivity index (χ1n) is 9.03. The van der Waals surface area contributed by atoms with Crippen LogP contribution in [0.3, 0.4) is 0 Å². The van der Waals surface area contributed by atoms with Gasteiger partial charge in [0.05, 0.1) is 10.5 Å². The molecule has 0 spiro atoms. The fourth-order valence-corrected chi connectivity index (χ4v) is 5.08. The van der Waals surface area contributed by atoms with E-state index < -0.39 is 14.6 Å². The van der Waals surface area contributed by atoms with Gasteiger partial charge in [0.25, 0.3) is 0 Å². The normalized spacial score (nSPS) is 24.8. The minimum atomic E-state index is -3.00. The highest BCUT2D eigenvalue weighted by atomic mass is 32.2. The second-order valence-corrected chi connectivity index (χ2v) is 10.4. The lowest BCUT2D eigenvalue weighted by Crippen LogP contribution is -2.57. The third-order valence-electron chi connectivity index (χ3n) is 5.35. The molecule has 0 aromatic heterocycles. The molecule has 0 aromatic carbocycles. The summed E-state index contributed by atoms with van der Waals surface area (Å²) >= 11 is 0. The van der Waals surface area contributed by atoms with Gasteiger partial charge in [0.15, 0.2) is 15.8 Å². The first-order chi connectivity index (χ1) is 10.9. The van der Waals surface area contributed by atoms with Crippen molar-refractivity contribution in [1.29, 1.82) is 0 Å². The highest BCUT2D eigenvalue weighted by Gasteiger charge is 2.40. The highest BCUT2D eigenvalue weighted by molar-refractivity contribution is 7.92. The zero-order valence-electron chi connectivity index (χ0n) is 15.0. The van der Waals surface area contributed by atoms with E-state index in [4.69, 9.17) is 0 Å². The maximum atomic E-state index is 12.1. The number of guanidine groups is 1. The van der Waals surface area contributed by atoms with Crippen molar-refractivity contribution < 1.29 is 8.42 Å². The average molecular weight is 344 g/mol. The standard InChI is InChI=1S/C17H33N3O2S/c1-17(2)14-20(12-13-23(17,21)22)16(18-3)19-11-7-6-10-15-8-4-5-9-15/h15H,4-14H2,1-3H3,(H,18,19). The summed E-state index contributed by atoms with van der Waals surface area (Å²) in [5, 5.41) is 3.41. The van der Waals surface area contributed by atoms with Gasteiger partial charge >= 0.3 is 0 Å². The SMILES string of the molecule is CN=C(NCCCCC1CCCC1)N1CCS(=O)(=O)C(C)(C)C1. The van der Waals surface area contributed by atoms with E-state index in [-0.39, 0.29) is 5.75 Å². The molecule has 0 amide bonds. The van der Waals surface area contributed by atoms with Crippen molar-refractivity contribution >= 4 is 15.8 Å². The molecule has 1 saturated heterocycles. The largest absolute Gasteiger partial charge is 0.356 e. The first-order valence-corrected chi connectivity index (χ1v) is 10.7. The smallest absolute Gasteiger partial charge is 0.193 e. The third kappa shape index (κ3) is 4.85. The Morgan fingerprint density at radius 2 is 1.96 bits per heavy atom. The molecular formula is C17H33N3O2S. The fraction of sp³-hybridized carbons (Fsp3) is 0.941. The van der Waals surface area contributed by atoms with Crippen LogP contribution in [-0.2, 0) is 9.84 Å². The van der Waals surface area contributed by atoms with Crippen LogP contribution in [0.15, 0.2) is 4.99 Å². The van der Waals surface area contributed by atoms with Crippen molar-refractivity contribution in [3.63, 3.8) is 0 Å². The molecule has 0 bridgehead atoms. The number of unbranched alkanes of at least 4 members (excludes halogenated alkanes) is 1. The van der Waals surface area contributed by atoms with Crippen LogP contribution in [0.5, 0.6) is 0 Å². The van der Waals surface area contributed by atoms with Crippen molar-refractivity contribution in [3.8, 4) is 0 Å². The van der Waals surface area contributed by atoms with E-state index in [1.54, 1.807) is 7.05 Å². The molecule has 2 aliphatic rings. The Morgan fingerprint density at radius 3 is 2.57 bits per heavy atom. The van der Waals surface area contributed by atoms with Gasteiger partial charge < -0.3 is 10.2 Å². The van der Waals surface area contributed by atoms with Crippen LogP contribution in [0.2, 0.25) is 0 Å². The molecule has 5 nitrogen and oxygen atoms in total. The number of rotatable bonds is 5. The van der Waals surface area contributed by atoms with Crippen LogP contribution < -0.4 is 5.32 Å². The minimum Gasteiger partial charge on any atom is -0.356 e. The third-order valence-corrected chi connectivity index (χ3v) is 7.88. The van der Waals surface area contributed by atoms with Gasteiger partial charge in [-0.2, -0.15) is 0 Å². The van der Waals surface area contributed by atoms with Crippen molar-refractivity contribution in [2.24, 2.45) is 10.9 Å². The van der Waals surface area contributed by atoms with E-state index in [0.717, 1.165) is 24.8 Å². The molecule has 23 heavy (non-hydrogen) atoms. The molecule has 1 N–H and O–H groups in total. The molecule has 1 aliphatic heterocycles. The van der Waals surface area contributed by atoms with Crippen LogP contribution in [0.4, 0.5) is 0 Å². The number of nitrogens with one attached hydrogen (secondary N) is 1. The predicted molar refractivity (Wildman–Crippen MR) is 96.6 cm³/mol. The van der Waals surface area contributed by atoms with E-state index in [9.17, 15) is 8.42 Å². The van der Waals surface area contributed by atoms with Crippen LogP contribution in [0.1, 0.15) is 58.8 Å². The van der Waals surface area contributed by atoms with E-state index >= 15 is 0 Å². The quantitative estimate of drug-likeness (QED) is 0.473. The van der Waals surface area contributed by atoms with Crippen LogP contribution in [-0.4, -0.2) is 56.5 Å². The van der Waals surface area contributed by atoms with Gasteiger partial charge in [-0.1, -0.05) is 38.5 Å². The molecule has 6 heteroatoms. The fourth-order valence-electron chi connectivity index (χ4n) is 3.71. The monoisotopic (exact) mass is 343 g/mol. The summed E-state index contributed by atoms with van der Waals surface area (Å²) in [7, 11) is -1.22. The summed E-state index contributed by atoms with van der Waals surface area (Å²) < 4.78 is 23.5. The summed E-state index contributed by atoms with van der Waals surface area (Å²) in [4.78, 5) is 6.42. The lowest BCUT2D eigenvalue weighted by molar-refractivity contribution is 0.352. The maximum absolute atomic E-state index is 12.1. The second-order valence-electron chi connectivity index (χ2n) is 7.62. The van der Waals surface area contributed by atoms with E-state index in [1.165, 1.54) is 38.5 Å². The van der Waals surface area contributed by atoms with Gasteiger partial charge in [-0.15, -0.1) is 0 Å². The Kier molecular flexibility index (Phi) is 6.34. The Balaban J connectivity index is 1.73. The minimum absolute atomic E-state index is 0.211. The van der Waals surface area contributed by atoms with Crippen LogP contribution >= 0.6 is 0 Å². The molecule has 1 heterocycles. The highest BCUT2D eigenvalue weighted by Crippen LogP contribution is 2.28. The summed E-state index contributed by atoms with van der Waals surface area (Å²) in [5.74, 6) is 2.01. The van der Waals surface area contributed by atoms with E-state index in [0.29, 0.717) is 13.1 Å².